The SMILES string of the molecule is O=c1c2cc(Cl)ccc2nc(/C=C\c2ccc([N+](=O)[O-])cc2)n1-c1c(Cl)cccc1Cl. The molecule has 0 aliphatic heterocycles. The van der Waals surface area contributed by atoms with Crippen molar-refractivity contribution in [2.45, 2.75) is 0 Å². The molecular weight excluding hydrogens is 461 g/mol. The van der Waals surface area contributed by atoms with E-state index in [1.54, 1.807) is 54.6 Å². The van der Waals surface area contributed by atoms with E-state index in [0.29, 0.717) is 27.2 Å². The van der Waals surface area contributed by atoms with Gasteiger partial charge in [0.1, 0.15) is 5.82 Å². The van der Waals surface area contributed by atoms with Crippen LogP contribution in [0.25, 0.3) is 28.7 Å². The average Bonchev–Trinajstić information content (AvgIpc) is 2.74. The van der Waals surface area contributed by atoms with Gasteiger partial charge in [0.15, 0.2) is 0 Å². The summed E-state index contributed by atoms with van der Waals surface area (Å²) < 4.78 is 1.32. The highest BCUT2D eigenvalue weighted by molar-refractivity contribution is 6.37. The molecule has 0 atom stereocenters. The summed E-state index contributed by atoms with van der Waals surface area (Å²) in [4.78, 5) is 28.3. The molecule has 31 heavy (non-hydrogen) atoms. The van der Waals surface area contributed by atoms with Crippen LogP contribution >= 0.6 is 34.8 Å². The van der Waals surface area contributed by atoms with Gasteiger partial charge in [0.2, 0.25) is 0 Å². The Morgan fingerprint density at radius 3 is 2.26 bits per heavy atom. The second kappa shape index (κ2) is 8.51. The zero-order chi connectivity index (χ0) is 22.1. The Labute approximate surface area is 191 Å². The Morgan fingerprint density at radius 2 is 1.61 bits per heavy atom. The molecule has 0 saturated heterocycles. The normalized spacial score (nSPS) is 11.3. The van der Waals surface area contributed by atoms with Gasteiger partial charge in [0.05, 0.1) is 31.6 Å². The van der Waals surface area contributed by atoms with Crippen molar-refractivity contribution in [2.24, 2.45) is 0 Å². The van der Waals surface area contributed by atoms with Crippen LogP contribution in [-0.2, 0) is 0 Å². The van der Waals surface area contributed by atoms with E-state index in [-0.39, 0.29) is 27.1 Å². The molecule has 0 N–H and O–H groups in total. The largest absolute Gasteiger partial charge is 0.269 e. The summed E-state index contributed by atoms with van der Waals surface area (Å²) in [5.41, 5.74) is 1.04. The fraction of sp³-hybridized carbons (Fsp3) is 0. The molecule has 3 aromatic carbocycles. The lowest BCUT2D eigenvalue weighted by molar-refractivity contribution is -0.384. The quantitative estimate of drug-likeness (QED) is 0.253. The van der Waals surface area contributed by atoms with Gasteiger partial charge in [0, 0.05) is 17.2 Å². The van der Waals surface area contributed by atoms with Crippen molar-refractivity contribution in [3.63, 3.8) is 0 Å². The summed E-state index contributed by atoms with van der Waals surface area (Å²) in [5, 5.41) is 12.1. The molecule has 0 aliphatic carbocycles. The molecular formula is C22H12Cl3N3O3. The van der Waals surface area contributed by atoms with Gasteiger partial charge in [-0.15, -0.1) is 0 Å². The fourth-order valence-electron chi connectivity index (χ4n) is 3.08. The highest BCUT2D eigenvalue weighted by atomic mass is 35.5. The first kappa shape index (κ1) is 21.1. The Hall–Kier alpha value is -3.19. The second-order valence-electron chi connectivity index (χ2n) is 6.52. The number of nitro benzene ring substituents is 1. The molecule has 154 valence electrons. The van der Waals surface area contributed by atoms with Crippen molar-refractivity contribution in [3.05, 3.63) is 108 Å². The third-order valence-corrected chi connectivity index (χ3v) is 5.39. The summed E-state index contributed by atoms with van der Waals surface area (Å²) in [5.74, 6) is 0.285. The van der Waals surface area contributed by atoms with Crippen LogP contribution in [0.3, 0.4) is 0 Å². The van der Waals surface area contributed by atoms with Crippen molar-refractivity contribution in [2.75, 3.05) is 0 Å². The molecule has 4 rings (SSSR count). The number of fused-ring (bicyclic) bond motifs is 1. The van der Waals surface area contributed by atoms with Crippen LogP contribution in [0.4, 0.5) is 5.69 Å². The predicted molar refractivity (Wildman–Crippen MR) is 124 cm³/mol. The van der Waals surface area contributed by atoms with Crippen LogP contribution in [0.5, 0.6) is 0 Å². The number of benzene rings is 3. The topological polar surface area (TPSA) is 78.0 Å². The third kappa shape index (κ3) is 4.18. The lowest BCUT2D eigenvalue weighted by Crippen LogP contribution is -2.23. The highest BCUT2D eigenvalue weighted by Crippen LogP contribution is 2.29. The molecule has 0 aliphatic rings. The fourth-order valence-corrected chi connectivity index (χ4v) is 3.82. The summed E-state index contributed by atoms with van der Waals surface area (Å²) in [6, 6.07) is 15.8. The number of aromatic nitrogens is 2. The standard InChI is InChI=1S/C22H12Cl3N3O3/c23-14-7-10-19-16(12-14)22(29)27(21-17(24)2-1-3-18(21)25)20(26-19)11-6-13-4-8-15(9-5-13)28(30)31/h1-12H/b11-6-. The molecule has 0 unspecified atom stereocenters. The molecule has 0 fully saturated rings. The number of non-ortho nitro benzene ring substituents is 1. The first-order valence-corrected chi connectivity index (χ1v) is 10.1. The van der Waals surface area contributed by atoms with Gasteiger partial charge < -0.3 is 0 Å². The lowest BCUT2D eigenvalue weighted by atomic mass is 10.2. The highest BCUT2D eigenvalue weighted by Gasteiger charge is 2.16. The molecule has 0 spiro atoms. The maximum atomic E-state index is 13.4. The summed E-state index contributed by atoms with van der Waals surface area (Å²) in [6.07, 6.45) is 3.31. The first-order valence-electron chi connectivity index (χ1n) is 8.94. The van der Waals surface area contributed by atoms with Crippen molar-refractivity contribution in [3.8, 4) is 5.69 Å². The Morgan fingerprint density at radius 1 is 0.935 bits per heavy atom. The molecule has 1 aromatic heterocycles. The van der Waals surface area contributed by atoms with Crippen LogP contribution in [-0.4, -0.2) is 14.5 Å². The second-order valence-corrected chi connectivity index (χ2v) is 7.78. The van der Waals surface area contributed by atoms with Gasteiger partial charge >= 0.3 is 0 Å². The van der Waals surface area contributed by atoms with E-state index in [2.05, 4.69) is 4.98 Å². The first-order chi connectivity index (χ1) is 14.8. The van der Waals surface area contributed by atoms with Crippen molar-refractivity contribution < 1.29 is 4.92 Å². The molecule has 0 radical (unpaired) electrons. The van der Waals surface area contributed by atoms with Crippen molar-refractivity contribution >= 4 is 63.5 Å². The molecule has 4 aromatic rings. The van der Waals surface area contributed by atoms with E-state index in [0.717, 1.165) is 0 Å². The smallest absolute Gasteiger partial charge is 0.268 e. The van der Waals surface area contributed by atoms with Gasteiger partial charge in [-0.05, 0) is 54.1 Å². The average molecular weight is 473 g/mol. The minimum absolute atomic E-state index is 0.0161. The van der Waals surface area contributed by atoms with E-state index in [1.807, 2.05) is 0 Å². The zero-order valence-corrected chi connectivity index (χ0v) is 17.9. The van der Waals surface area contributed by atoms with Crippen LogP contribution in [0.2, 0.25) is 15.1 Å². The van der Waals surface area contributed by atoms with Gasteiger partial charge in [0.25, 0.3) is 11.2 Å². The van der Waals surface area contributed by atoms with Gasteiger partial charge in [-0.2, -0.15) is 0 Å². The van der Waals surface area contributed by atoms with E-state index < -0.39 is 4.92 Å². The van der Waals surface area contributed by atoms with Crippen LogP contribution in [0, 0.1) is 10.1 Å². The van der Waals surface area contributed by atoms with Gasteiger partial charge in [-0.3, -0.25) is 19.5 Å². The van der Waals surface area contributed by atoms with Crippen LogP contribution in [0.1, 0.15) is 11.4 Å². The number of halogens is 3. The van der Waals surface area contributed by atoms with E-state index in [4.69, 9.17) is 34.8 Å². The predicted octanol–water partition coefficient (Wildman–Crippen LogP) is 6.42. The third-order valence-electron chi connectivity index (χ3n) is 4.55. The minimum Gasteiger partial charge on any atom is -0.268 e. The molecule has 0 saturated carbocycles. The number of hydrogen-bond donors (Lipinski definition) is 0. The van der Waals surface area contributed by atoms with Crippen LogP contribution < -0.4 is 5.56 Å². The van der Waals surface area contributed by atoms with Crippen molar-refractivity contribution in [1.82, 2.24) is 9.55 Å². The molecule has 0 amide bonds. The monoisotopic (exact) mass is 471 g/mol. The number of para-hydroxylation sites is 1. The molecule has 0 bridgehead atoms. The van der Waals surface area contributed by atoms with E-state index in [1.165, 1.54) is 22.8 Å². The number of hydrogen-bond acceptors (Lipinski definition) is 4. The van der Waals surface area contributed by atoms with Crippen molar-refractivity contribution in [1.29, 1.82) is 0 Å². The number of nitrogens with zero attached hydrogens (tertiary/aromatic N) is 3. The summed E-state index contributed by atoms with van der Waals surface area (Å²) >= 11 is 18.8. The van der Waals surface area contributed by atoms with E-state index >= 15 is 0 Å². The summed E-state index contributed by atoms with van der Waals surface area (Å²) in [6.45, 7) is 0. The molecule has 9 heteroatoms. The number of nitro groups is 1. The zero-order valence-electron chi connectivity index (χ0n) is 15.6. The number of rotatable bonds is 4. The Kier molecular flexibility index (Phi) is 5.78. The Balaban J connectivity index is 1.94. The van der Waals surface area contributed by atoms with E-state index in [9.17, 15) is 14.9 Å². The lowest BCUT2D eigenvalue weighted by Gasteiger charge is -2.14. The van der Waals surface area contributed by atoms with Gasteiger partial charge in [-0.1, -0.05) is 46.9 Å². The van der Waals surface area contributed by atoms with Crippen LogP contribution in [0.15, 0.2) is 65.5 Å². The maximum absolute atomic E-state index is 13.4. The molecule has 1 heterocycles. The summed E-state index contributed by atoms with van der Waals surface area (Å²) in [7, 11) is 0. The van der Waals surface area contributed by atoms with Gasteiger partial charge in [-0.25, -0.2) is 4.98 Å². The Bertz CT molecular complexity index is 1390. The minimum atomic E-state index is -0.472. The maximum Gasteiger partial charge on any atom is 0.269 e. The molecule has 6 nitrogen and oxygen atoms in total.